The summed E-state index contributed by atoms with van der Waals surface area (Å²) in [4.78, 5) is 14.9. The molecule has 0 spiro atoms. The fourth-order valence-electron chi connectivity index (χ4n) is 1.47. The number of aromatic nitrogens is 1. The Balaban J connectivity index is 2.61. The number of nitrogens with one attached hydrogen (secondary N) is 1. The summed E-state index contributed by atoms with van der Waals surface area (Å²) in [6.45, 7) is 4.79. The van der Waals surface area contributed by atoms with Crippen LogP contribution in [0.1, 0.15) is 32.4 Å². The molecule has 0 fully saturated rings. The number of carbonyl (C=O) groups is 1. The standard InChI is InChI=1S/C13H18BrFN2O4/c1-13(2,3)21-12(20)17-6-9(18)10(19)8-4-7(14)5-16-11(8)15/h4-5,9-10,18-19H,6H2,1-3H3,(H,17,20). The van der Waals surface area contributed by atoms with Gasteiger partial charge >= 0.3 is 6.09 Å². The van der Waals surface area contributed by atoms with Crippen LogP contribution in [0.2, 0.25) is 0 Å². The highest BCUT2D eigenvalue weighted by Crippen LogP contribution is 2.22. The minimum Gasteiger partial charge on any atom is -0.444 e. The Bertz CT molecular complexity index is 507. The van der Waals surface area contributed by atoms with E-state index >= 15 is 0 Å². The molecule has 0 aromatic carbocycles. The molecule has 2 unspecified atom stereocenters. The van der Waals surface area contributed by atoms with Gasteiger partial charge in [0, 0.05) is 22.8 Å². The highest BCUT2D eigenvalue weighted by Gasteiger charge is 2.24. The average molecular weight is 365 g/mol. The van der Waals surface area contributed by atoms with Crippen LogP contribution >= 0.6 is 15.9 Å². The van der Waals surface area contributed by atoms with Gasteiger partial charge in [-0.3, -0.25) is 0 Å². The lowest BCUT2D eigenvalue weighted by Gasteiger charge is -2.22. The zero-order valence-corrected chi connectivity index (χ0v) is 13.5. The fraction of sp³-hybridized carbons (Fsp3) is 0.538. The number of hydrogen-bond donors (Lipinski definition) is 3. The van der Waals surface area contributed by atoms with Crippen molar-refractivity contribution in [3.05, 3.63) is 28.2 Å². The largest absolute Gasteiger partial charge is 0.444 e. The number of halogens is 2. The van der Waals surface area contributed by atoms with E-state index in [-0.39, 0.29) is 12.1 Å². The number of rotatable bonds is 4. The summed E-state index contributed by atoms with van der Waals surface area (Å²) in [5.74, 6) is -0.887. The number of alkyl carbamates (subject to hydrolysis) is 1. The first-order chi connectivity index (χ1) is 9.60. The van der Waals surface area contributed by atoms with Gasteiger partial charge in [0.05, 0.1) is 0 Å². The van der Waals surface area contributed by atoms with Crippen molar-refractivity contribution >= 4 is 22.0 Å². The quantitative estimate of drug-likeness (QED) is 0.709. The topological polar surface area (TPSA) is 91.7 Å². The van der Waals surface area contributed by atoms with Gasteiger partial charge in [0.25, 0.3) is 0 Å². The molecule has 0 aliphatic rings. The zero-order valence-electron chi connectivity index (χ0n) is 11.9. The first-order valence-electron chi connectivity index (χ1n) is 6.24. The van der Waals surface area contributed by atoms with E-state index in [4.69, 9.17) is 4.74 Å². The highest BCUT2D eigenvalue weighted by atomic mass is 79.9. The molecule has 2 atom stereocenters. The van der Waals surface area contributed by atoms with Crippen LogP contribution in [-0.2, 0) is 4.74 Å². The monoisotopic (exact) mass is 364 g/mol. The van der Waals surface area contributed by atoms with Crippen LogP contribution in [0.5, 0.6) is 0 Å². The molecule has 1 amide bonds. The van der Waals surface area contributed by atoms with E-state index < -0.39 is 29.8 Å². The maximum atomic E-state index is 13.5. The molecule has 21 heavy (non-hydrogen) atoms. The predicted octanol–water partition coefficient (Wildman–Crippen LogP) is 1.90. The Hall–Kier alpha value is -1.25. The van der Waals surface area contributed by atoms with Gasteiger partial charge in [-0.15, -0.1) is 0 Å². The van der Waals surface area contributed by atoms with Crippen LogP contribution in [0, 0.1) is 5.95 Å². The number of amides is 1. The summed E-state index contributed by atoms with van der Waals surface area (Å²) in [6, 6.07) is 1.31. The van der Waals surface area contributed by atoms with Gasteiger partial charge in [-0.05, 0) is 42.8 Å². The molecule has 8 heteroatoms. The number of nitrogens with zero attached hydrogens (tertiary/aromatic N) is 1. The van der Waals surface area contributed by atoms with Gasteiger partial charge in [-0.25, -0.2) is 9.78 Å². The molecule has 0 aliphatic heterocycles. The number of carbonyl (C=O) groups excluding carboxylic acids is 1. The summed E-state index contributed by atoms with van der Waals surface area (Å²) < 4.78 is 18.9. The normalized spacial score (nSPS) is 14.4. The van der Waals surface area contributed by atoms with Crippen molar-refractivity contribution in [1.82, 2.24) is 10.3 Å². The molecule has 1 rings (SSSR count). The third-order valence-electron chi connectivity index (χ3n) is 2.37. The third-order valence-corrected chi connectivity index (χ3v) is 2.80. The van der Waals surface area contributed by atoms with Crippen molar-refractivity contribution < 1.29 is 24.1 Å². The number of hydrogen-bond acceptors (Lipinski definition) is 5. The number of ether oxygens (including phenoxy) is 1. The van der Waals surface area contributed by atoms with Gasteiger partial charge in [0.15, 0.2) is 0 Å². The molecule has 0 radical (unpaired) electrons. The maximum absolute atomic E-state index is 13.5. The minimum absolute atomic E-state index is 0.164. The molecular formula is C13H18BrFN2O4. The Morgan fingerprint density at radius 3 is 2.71 bits per heavy atom. The first-order valence-corrected chi connectivity index (χ1v) is 7.03. The average Bonchev–Trinajstić information content (AvgIpc) is 2.36. The molecule has 1 heterocycles. The molecule has 0 saturated carbocycles. The summed E-state index contributed by atoms with van der Waals surface area (Å²) in [6.07, 6.45) is -2.42. The van der Waals surface area contributed by atoms with Gasteiger partial charge in [0.2, 0.25) is 5.95 Å². The van der Waals surface area contributed by atoms with E-state index in [0.717, 1.165) is 0 Å². The van der Waals surface area contributed by atoms with E-state index in [1.165, 1.54) is 12.3 Å². The molecule has 6 nitrogen and oxygen atoms in total. The van der Waals surface area contributed by atoms with E-state index in [1.54, 1.807) is 20.8 Å². The van der Waals surface area contributed by atoms with E-state index in [1.807, 2.05) is 0 Å². The van der Waals surface area contributed by atoms with Crippen LogP contribution in [0.25, 0.3) is 0 Å². The summed E-state index contributed by atoms with van der Waals surface area (Å²) in [7, 11) is 0. The fourth-order valence-corrected chi connectivity index (χ4v) is 1.82. The number of aliphatic hydroxyl groups excluding tert-OH is 2. The summed E-state index contributed by atoms with van der Waals surface area (Å²) >= 11 is 3.10. The number of aliphatic hydroxyl groups is 2. The van der Waals surface area contributed by atoms with Crippen LogP contribution in [0.3, 0.4) is 0 Å². The second-order valence-electron chi connectivity index (χ2n) is 5.43. The van der Waals surface area contributed by atoms with Gasteiger partial charge in [-0.2, -0.15) is 4.39 Å². The van der Waals surface area contributed by atoms with E-state index in [9.17, 15) is 19.4 Å². The Kier molecular flexibility index (Phi) is 6.06. The van der Waals surface area contributed by atoms with Crippen molar-refractivity contribution in [2.24, 2.45) is 0 Å². The van der Waals surface area contributed by atoms with Gasteiger partial charge < -0.3 is 20.3 Å². The molecule has 1 aromatic heterocycles. The van der Waals surface area contributed by atoms with Crippen molar-refractivity contribution in [1.29, 1.82) is 0 Å². The second kappa shape index (κ2) is 7.15. The second-order valence-corrected chi connectivity index (χ2v) is 6.34. The third kappa shape index (κ3) is 5.94. The molecule has 0 aliphatic carbocycles. The van der Waals surface area contributed by atoms with Gasteiger partial charge in [0.1, 0.15) is 17.8 Å². The molecule has 0 bridgehead atoms. The van der Waals surface area contributed by atoms with Crippen LogP contribution in [0.4, 0.5) is 9.18 Å². The van der Waals surface area contributed by atoms with Crippen molar-refractivity contribution in [2.45, 2.75) is 38.6 Å². The van der Waals surface area contributed by atoms with E-state index in [0.29, 0.717) is 4.47 Å². The summed E-state index contributed by atoms with van der Waals surface area (Å²) in [5.41, 5.74) is -0.837. The Morgan fingerprint density at radius 2 is 2.14 bits per heavy atom. The molecular weight excluding hydrogens is 347 g/mol. The lowest BCUT2D eigenvalue weighted by atomic mass is 10.1. The maximum Gasteiger partial charge on any atom is 0.407 e. The smallest absolute Gasteiger partial charge is 0.407 e. The minimum atomic E-state index is -1.52. The Labute approximate surface area is 130 Å². The van der Waals surface area contributed by atoms with E-state index in [2.05, 4.69) is 26.2 Å². The first kappa shape index (κ1) is 17.8. The zero-order chi connectivity index (χ0) is 16.2. The highest BCUT2D eigenvalue weighted by molar-refractivity contribution is 9.10. The SMILES string of the molecule is CC(C)(C)OC(=O)NCC(O)C(O)c1cc(Br)cnc1F. The van der Waals surface area contributed by atoms with Gasteiger partial charge in [-0.1, -0.05) is 0 Å². The molecule has 118 valence electrons. The molecule has 1 aromatic rings. The van der Waals surface area contributed by atoms with Crippen molar-refractivity contribution in [3.8, 4) is 0 Å². The molecule has 0 saturated heterocycles. The lowest BCUT2D eigenvalue weighted by Crippen LogP contribution is -2.39. The van der Waals surface area contributed by atoms with Crippen LogP contribution < -0.4 is 5.32 Å². The number of pyridine rings is 1. The van der Waals surface area contributed by atoms with Crippen molar-refractivity contribution in [2.75, 3.05) is 6.54 Å². The molecule has 3 N–H and O–H groups in total. The lowest BCUT2D eigenvalue weighted by molar-refractivity contribution is 0.0109. The Morgan fingerprint density at radius 1 is 1.52 bits per heavy atom. The van der Waals surface area contributed by atoms with Crippen molar-refractivity contribution in [3.63, 3.8) is 0 Å². The van der Waals surface area contributed by atoms with Crippen LogP contribution in [0.15, 0.2) is 16.7 Å². The predicted molar refractivity (Wildman–Crippen MR) is 77.1 cm³/mol. The van der Waals surface area contributed by atoms with Crippen LogP contribution in [-0.4, -0.2) is 39.5 Å². The summed E-state index contributed by atoms with van der Waals surface area (Å²) in [5, 5.41) is 22.0.